The van der Waals surface area contributed by atoms with Gasteiger partial charge in [0.2, 0.25) is 0 Å². The summed E-state index contributed by atoms with van der Waals surface area (Å²) in [5.41, 5.74) is 0.201. The second-order valence-corrected chi connectivity index (χ2v) is 5.01. The molecular weight excluding hydrogens is 212 g/mol. The molecule has 0 amide bonds. The summed E-state index contributed by atoms with van der Waals surface area (Å²) in [6, 6.07) is 0.499. The maximum Gasteiger partial charge on any atom is 0.0593 e. The third kappa shape index (κ3) is 5.36. The molecule has 17 heavy (non-hydrogen) atoms. The van der Waals surface area contributed by atoms with E-state index in [2.05, 4.69) is 45.0 Å². The van der Waals surface area contributed by atoms with Gasteiger partial charge in [0.1, 0.15) is 0 Å². The predicted octanol–water partition coefficient (Wildman–Crippen LogP) is 2.51. The summed E-state index contributed by atoms with van der Waals surface area (Å²) in [7, 11) is 2.20. The second kappa shape index (κ2) is 8.90. The van der Waals surface area contributed by atoms with Gasteiger partial charge in [-0.1, -0.05) is 13.8 Å². The largest absolute Gasteiger partial charge is 0.380 e. The van der Waals surface area contributed by atoms with Crippen molar-refractivity contribution >= 4 is 0 Å². The Morgan fingerprint density at radius 1 is 1.29 bits per heavy atom. The molecule has 0 rings (SSSR count). The molecule has 3 nitrogen and oxygen atoms in total. The maximum absolute atomic E-state index is 5.44. The standard InChI is InChI=1S/C14H32N2O/c1-7-10-15-13(4)14(5,8-2)16(6)11-12-17-9-3/h13,15H,7-12H2,1-6H3. The van der Waals surface area contributed by atoms with Crippen LogP contribution in [0.4, 0.5) is 0 Å². The van der Waals surface area contributed by atoms with Gasteiger partial charge in [-0.05, 0) is 47.2 Å². The molecule has 0 aromatic heterocycles. The number of ether oxygens (including phenoxy) is 1. The first-order chi connectivity index (χ1) is 8.02. The van der Waals surface area contributed by atoms with Crippen LogP contribution in [0.1, 0.15) is 47.5 Å². The van der Waals surface area contributed by atoms with Crippen LogP contribution < -0.4 is 5.32 Å². The zero-order valence-electron chi connectivity index (χ0n) is 12.7. The van der Waals surface area contributed by atoms with Crippen LogP contribution >= 0.6 is 0 Å². The molecule has 0 aliphatic carbocycles. The zero-order valence-corrected chi connectivity index (χ0v) is 12.7. The molecule has 1 N–H and O–H groups in total. The van der Waals surface area contributed by atoms with Gasteiger partial charge >= 0.3 is 0 Å². The highest BCUT2D eigenvalue weighted by atomic mass is 16.5. The highest BCUT2D eigenvalue weighted by molar-refractivity contribution is 4.92. The van der Waals surface area contributed by atoms with Crippen LogP contribution in [0, 0.1) is 0 Å². The van der Waals surface area contributed by atoms with E-state index in [-0.39, 0.29) is 5.54 Å². The quantitative estimate of drug-likeness (QED) is 0.598. The van der Waals surface area contributed by atoms with Gasteiger partial charge in [-0.15, -0.1) is 0 Å². The fourth-order valence-corrected chi connectivity index (χ4v) is 2.09. The van der Waals surface area contributed by atoms with Crippen molar-refractivity contribution in [1.82, 2.24) is 10.2 Å². The van der Waals surface area contributed by atoms with Crippen LogP contribution in [0.2, 0.25) is 0 Å². The number of nitrogens with one attached hydrogen (secondary N) is 1. The minimum absolute atomic E-state index is 0.201. The number of nitrogens with zero attached hydrogens (tertiary/aromatic N) is 1. The number of hydrogen-bond acceptors (Lipinski definition) is 3. The lowest BCUT2D eigenvalue weighted by molar-refractivity contribution is 0.0513. The van der Waals surface area contributed by atoms with E-state index < -0.39 is 0 Å². The van der Waals surface area contributed by atoms with Crippen LogP contribution in [-0.4, -0.2) is 49.8 Å². The summed E-state index contributed by atoms with van der Waals surface area (Å²) in [5, 5.41) is 3.61. The normalized spacial score (nSPS) is 17.1. The topological polar surface area (TPSA) is 24.5 Å². The Kier molecular flexibility index (Phi) is 8.83. The molecule has 0 radical (unpaired) electrons. The van der Waals surface area contributed by atoms with Gasteiger partial charge in [0.15, 0.2) is 0 Å². The fraction of sp³-hybridized carbons (Fsp3) is 1.00. The smallest absolute Gasteiger partial charge is 0.0593 e. The first-order valence-corrected chi connectivity index (χ1v) is 7.05. The Bertz CT molecular complexity index is 187. The molecule has 104 valence electrons. The van der Waals surface area contributed by atoms with Crippen LogP contribution in [0.3, 0.4) is 0 Å². The Morgan fingerprint density at radius 3 is 2.41 bits per heavy atom. The summed E-state index contributed by atoms with van der Waals surface area (Å²) in [5.74, 6) is 0. The molecule has 0 aliphatic rings. The summed E-state index contributed by atoms with van der Waals surface area (Å²) in [6.07, 6.45) is 2.33. The van der Waals surface area contributed by atoms with Crippen molar-refractivity contribution in [2.24, 2.45) is 0 Å². The molecule has 0 saturated heterocycles. The van der Waals surface area contributed by atoms with Crippen molar-refractivity contribution in [3.05, 3.63) is 0 Å². The lowest BCUT2D eigenvalue weighted by Gasteiger charge is -2.43. The molecule has 0 saturated carbocycles. The van der Waals surface area contributed by atoms with Crippen molar-refractivity contribution in [2.75, 3.05) is 33.4 Å². The molecule has 0 spiro atoms. The van der Waals surface area contributed by atoms with E-state index in [4.69, 9.17) is 4.74 Å². The Hall–Kier alpha value is -0.120. The molecule has 0 fully saturated rings. The van der Waals surface area contributed by atoms with Crippen LogP contribution in [-0.2, 0) is 4.74 Å². The molecule has 0 heterocycles. The van der Waals surface area contributed by atoms with E-state index in [9.17, 15) is 0 Å². The van der Waals surface area contributed by atoms with Crippen molar-refractivity contribution < 1.29 is 4.74 Å². The van der Waals surface area contributed by atoms with E-state index in [1.807, 2.05) is 6.92 Å². The van der Waals surface area contributed by atoms with Crippen molar-refractivity contribution in [3.63, 3.8) is 0 Å². The minimum Gasteiger partial charge on any atom is -0.380 e. The summed E-state index contributed by atoms with van der Waals surface area (Å²) >= 11 is 0. The van der Waals surface area contributed by atoms with Crippen molar-refractivity contribution in [3.8, 4) is 0 Å². The van der Waals surface area contributed by atoms with Gasteiger partial charge in [0, 0.05) is 24.7 Å². The molecule has 0 aromatic rings. The summed E-state index contributed by atoms with van der Waals surface area (Å²) in [4.78, 5) is 2.43. The third-order valence-corrected chi connectivity index (χ3v) is 4.00. The van der Waals surface area contributed by atoms with Gasteiger partial charge in [-0.2, -0.15) is 0 Å². The summed E-state index contributed by atoms with van der Waals surface area (Å²) < 4.78 is 5.44. The SMILES string of the molecule is CCCNC(C)C(C)(CC)N(C)CCOCC. The summed E-state index contributed by atoms with van der Waals surface area (Å²) in [6.45, 7) is 14.9. The van der Waals surface area contributed by atoms with Crippen molar-refractivity contribution in [2.45, 2.75) is 59.0 Å². The molecule has 3 heteroatoms. The van der Waals surface area contributed by atoms with Crippen LogP contribution in [0.25, 0.3) is 0 Å². The maximum atomic E-state index is 5.44. The monoisotopic (exact) mass is 244 g/mol. The van der Waals surface area contributed by atoms with Crippen molar-refractivity contribution in [1.29, 1.82) is 0 Å². The minimum atomic E-state index is 0.201. The number of likely N-dealkylation sites (N-methyl/N-ethyl adjacent to an activating group) is 1. The fourth-order valence-electron chi connectivity index (χ4n) is 2.09. The predicted molar refractivity (Wildman–Crippen MR) is 75.6 cm³/mol. The van der Waals surface area contributed by atoms with Gasteiger partial charge in [0.05, 0.1) is 6.61 Å². The first kappa shape index (κ1) is 16.9. The van der Waals surface area contributed by atoms with Crippen LogP contribution in [0.5, 0.6) is 0 Å². The van der Waals surface area contributed by atoms with Gasteiger partial charge < -0.3 is 10.1 Å². The van der Waals surface area contributed by atoms with E-state index in [1.165, 1.54) is 6.42 Å². The van der Waals surface area contributed by atoms with E-state index in [0.717, 1.165) is 32.7 Å². The molecule has 0 aromatic carbocycles. The molecule has 2 unspecified atom stereocenters. The lowest BCUT2D eigenvalue weighted by atomic mass is 9.88. The van der Waals surface area contributed by atoms with E-state index in [1.54, 1.807) is 0 Å². The van der Waals surface area contributed by atoms with E-state index >= 15 is 0 Å². The first-order valence-electron chi connectivity index (χ1n) is 7.05. The van der Waals surface area contributed by atoms with Gasteiger partial charge in [0.25, 0.3) is 0 Å². The lowest BCUT2D eigenvalue weighted by Crippen LogP contribution is -2.57. The molecule has 0 bridgehead atoms. The number of hydrogen-bond donors (Lipinski definition) is 1. The zero-order chi connectivity index (χ0) is 13.3. The van der Waals surface area contributed by atoms with Gasteiger partial charge in [-0.3, -0.25) is 4.90 Å². The third-order valence-electron chi connectivity index (χ3n) is 4.00. The Morgan fingerprint density at radius 2 is 1.94 bits per heavy atom. The van der Waals surface area contributed by atoms with Gasteiger partial charge in [-0.25, -0.2) is 0 Å². The molecular formula is C14H32N2O. The molecule has 2 atom stereocenters. The Balaban J connectivity index is 4.30. The highest BCUT2D eigenvalue weighted by Crippen LogP contribution is 2.22. The number of rotatable bonds is 10. The average molecular weight is 244 g/mol. The molecule has 0 aliphatic heterocycles. The van der Waals surface area contributed by atoms with E-state index in [0.29, 0.717) is 6.04 Å². The highest BCUT2D eigenvalue weighted by Gasteiger charge is 2.32. The second-order valence-electron chi connectivity index (χ2n) is 5.01. The average Bonchev–Trinajstić information content (AvgIpc) is 2.34. The van der Waals surface area contributed by atoms with Crippen LogP contribution in [0.15, 0.2) is 0 Å². The Labute approximate surface area is 108 Å².